The zero-order chi connectivity index (χ0) is 17.1. The first-order valence-corrected chi connectivity index (χ1v) is 6.71. The zero-order valence-corrected chi connectivity index (χ0v) is 12.1. The number of carbonyl (C=O) groups is 1. The van der Waals surface area contributed by atoms with Crippen LogP contribution in [-0.4, -0.2) is 23.2 Å². The second-order valence-corrected chi connectivity index (χ2v) is 4.74. The Morgan fingerprint density at radius 3 is 3.00 bits per heavy atom. The number of cyclic esters (lactones) is 1. The average Bonchev–Trinajstić information content (AvgIpc) is 3.14. The smallest absolute Gasteiger partial charge is 0.338 e. The second-order valence-electron chi connectivity index (χ2n) is 4.74. The van der Waals surface area contributed by atoms with Crippen molar-refractivity contribution < 1.29 is 19.0 Å². The van der Waals surface area contributed by atoms with Gasteiger partial charge in [-0.25, -0.2) is 20.3 Å². The van der Waals surface area contributed by atoms with Gasteiger partial charge in [-0.2, -0.15) is 5.10 Å². The molecule has 3 N–H and O–H groups in total. The molecule has 10 nitrogen and oxygen atoms in total. The van der Waals surface area contributed by atoms with Gasteiger partial charge in [-0.15, -0.1) is 0 Å². The number of carbonyl (C=O) groups excluding carboxylic acids is 1. The van der Waals surface area contributed by atoms with Crippen molar-refractivity contribution in [1.29, 1.82) is 0 Å². The first kappa shape index (κ1) is 15.2. The van der Waals surface area contributed by atoms with Crippen molar-refractivity contribution >= 4 is 18.1 Å². The number of esters is 1. The van der Waals surface area contributed by atoms with E-state index in [9.17, 15) is 14.9 Å². The number of ether oxygens (including phenoxy) is 1. The summed E-state index contributed by atoms with van der Waals surface area (Å²) in [4.78, 5) is 21.7. The number of hydrogen-bond acceptors (Lipinski definition) is 6. The summed E-state index contributed by atoms with van der Waals surface area (Å²) in [6.07, 6.45) is 1.29. The molecule has 1 aliphatic rings. The highest BCUT2D eigenvalue weighted by molar-refractivity contribution is 5.94. The Hall–Kier alpha value is -3.69. The maximum absolute atomic E-state index is 11.6. The SMILES string of the molecule is N/C(=N\[N+](=O)[O-])NN=Cc1ccc(-c2ccc3c(c2)C(=O)OC3)o1. The van der Waals surface area contributed by atoms with Gasteiger partial charge < -0.3 is 14.9 Å². The molecule has 2 aromatic rings. The minimum Gasteiger partial charge on any atom is -0.457 e. The van der Waals surface area contributed by atoms with E-state index in [0.717, 1.165) is 11.1 Å². The van der Waals surface area contributed by atoms with E-state index < -0.39 is 11.0 Å². The van der Waals surface area contributed by atoms with Crippen LogP contribution in [0, 0.1) is 10.1 Å². The van der Waals surface area contributed by atoms with Crippen LogP contribution in [0.3, 0.4) is 0 Å². The van der Waals surface area contributed by atoms with E-state index in [4.69, 9.17) is 14.9 Å². The van der Waals surface area contributed by atoms with Crippen LogP contribution < -0.4 is 11.2 Å². The number of furan rings is 1. The third kappa shape index (κ3) is 3.21. The largest absolute Gasteiger partial charge is 0.457 e. The highest BCUT2D eigenvalue weighted by Gasteiger charge is 2.21. The van der Waals surface area contributed by atoms with Crippen molar-refractivity contribution in [3.8, 4) is 11.3 Å². The lowest BCUT2D eigenvalue weighted by molar-refractivity contribution is -0.485. The van der Waals surface area contributed by atoms with Crippen LogP contribution in [0.25, 0.3) is 11.3 Å². The van der Waals surface area contributed by atoms with Crippen molar-refractivity contribution in [2.24, 2.45) is 15.9 Å². The maximum Gasteiger partial charge on any atom is 0.338 e. The van der Waals surface area contributed by atoms with Gasteiger partial charge in [0.15, 0.2) is 5.03 Å². The number of fused-ring (bicyclic) bond motifs is 1. The predicted octanol–water partition coefficient (Wildman–Crippen LogP) is 1.05. The van der Waals surface area contributed by atoms with E-state index in [1.807, 2.05) is 12.1 Å². The molecule has 0 saturated heterocycles. The Bertz CT molecular complexity index is 870. The minimum absolute atomic E-state index is 0.281. The van der Waals surface area contributed by atoms with E-state index >= 15 is 0 Å². The number of hydrogen-bond donors (Lipinski definition) is 2. The van der Waals surface area contributed by atoms with Crippen molar-refractivity contribution in [1.82, 2.24) is 5.43 Å². The number of hydrazone groups is 2. The molecule has 1 aromatic carbocycles. The van der Waals surface area contributed by atoms with E-state index in [1.54, 1.807) is 18.2 Å². The fourth-order valence-corrected chi connectivity index (χ4v) is 2.12. The van der Waals surface area contributed by atoms with E-state index in [-0.39, 0.29) is 12.6 Å². The number of nitrogens with zero attached hydrogens (tertiary/aromatic N) is 3. The van der Waals surface area contributed by atoms with Gasteiger partial charge >= 0.3 is 5.97 Å². The van der Waals surface area contributed by atoms with Gasteiger partial charge in [0.25, 0.3) is 5.96 Å². The second kappa shape index (κ2) is 6.20. The molecule has 122 valence electrons. The molecule has 0 fully saturated rings. The topological polar surface area (TPSA) is 145 Å². The molecule has 0 aliphatic carbocycles. The molecule has 10 heteroatoms. The lowest BCUT2D eigenvalue weighted by Crippen LogP contribution is -2.28. The molecule has 0 amide bonds. The van der Waals surface area contributed by atoms with E-state index in [0.29, 0.717) is 17.1 Å². The molecule has 1 aromatic heterocycles. The van der Waals surface area contributed by atoms with Gasteiger partial charge in [-0.3, -0.25) is 0 Å². The summed E-state index contributed by atoms with van der Waals surface area (Å²) in [5.74, 6) is 0.102. The number of benzene rings is 1. The molecule has 24 heavy (non-hydrogen) atoms. The summed E-state index contributed by atoms with van der Waals surface area (Å²) in [6, 6.07) is 8.68. The molecule has 0 spiro atoms. The number of rotatable bonds is 4. The van der Waals surface area contributed by atoms with Crippen molar-refractivity contribution in [2.75, 3.05) is 0 Å². The zero-order valence-electron chi connectivity index (χ0n) is 12.1. The summed E-state index contributed by atoms with van der Waals surface area (Å²) in [5, 5.41) is 15.6. The Balaban J connectivity index is 1.73. The third-order valence-corrected chi connectivity index (χ3v) is 3.16. The van der Waals surface area contributed by atoms with Crippen molar-refractivity contribution in [2.45, 2.75) is 6.61 Å². The number of guanidine groups is 1. The summed E-state index contributed by atoms with van der Waals surface area (Å²) in [6.45, 7) is 0.281. The van der Waals surface area contributed by atoms with Gasteiger partial charge in [0, 0.05) is 11.1 Å². The number of nitrogens with one attached hydrogen (secondary N) is 1. The lowest BCUT2D eigenvalue weighted by Gasteiger charge is -1.99. The third-order valence-electron chi connectivity index (χ3n) is 3.16. The van der Waals surface area contributed by atoms with Crippen molar-refractivity contribution in [3.05, 3.63) is 57.3 Å². The molecule has 2 heterocycles. The molecule has 0 saturated carbocycles. The van der Waals surface area contributed by atoms with Gasteiger partial charge in [0.2, 0.25) is 0 Å². The van der Waals surface area contributed by atoms with E-state index in [2.05, 4.69) is 15.6 Å². The van der Waals surface area contributed by atoms with Gasteiger partial charge in [-0.1, -0.05) is 12.1 Å². The summed E-state index contributed by atoms with van der Waals surface area (Å²) in [7, 11) is 0. The van der Waals surface area contributed by atoms with Crippen LogP contribution >= 0.6 is 0 Å². The van der Waals surface area contributed by atoms with Crippen LogP contribution in [0.1, 0.15) is 21.7 Å². The number of nitrogens with two attached hydrogens (primary N) is 1. The van der Waals surface area contributed by atoms with Crippen LogP contribution in [0.5, 0.6) is 0 Å². The normalized spacial score (nSPS) is 13.8. The van der Waals surface area contributed by atoms with E-state index in [1.165, 1.54) is 6.21 Å². The molecular formula is C14H11N5O5. The molecule has 0 radical (unpaired) electrons. The molecule has 0 atom stereocenters. The maximum atomic E-state index is 11.6. The summed E-state index contributed by atoms with van der Waals surface area (Å²) >= 11 is 0. The first-order chi connectivity index (χ1) is 11.5. The minimum atomic E-state index is -0.943. The predicted molar refractivity (Wildman–Crippen MR) is 82.6 cm³/mol. The van der Waals surface area contributed by atoms with Crippen LogP contribution in [0.15, 0.2) is 45.0 Å². The highest BCUT2D eigenvalue weighted by atomic mass is 16.7. The molecule has 3 rings (SSSR count). The van der Waals surface area contributed by atoms with Gasteiger partial charge in [-0.05, 0) is 18.2 Å². The Morgan fingerprint density at radius 1 is 1.38 bits per heavy atom. The Kier molecular flexibility index (Phi) is 3.93. The molecule has 0 unspecified atom stereocenters. The molecule has 0 bridgehead atoms. The Labute approximate surface area is 134 Å². The highest BCUT2D eigenvalue weighted by Crippen LogP contribution is 2.27. The van der Waals surface area contributed by atoms with Crippen LogP contribution in [0.4, 0.5) is 0 Å². The van der Waals surface area contributed by atoms with Crippen LogP contribution in [-0.2, 0) is 11.3 Å². The Morgan fingerprint density at radius 2 is 2.21 bits per heavy atom. The van der Waals surface area contributed by atoms with Gasteiger partial charge in [0.1, 0.15) is 23.2 Å². The fraction of sp³-hybridized carbons (Fsp3) is 0.0714. The van der Waals surface area contributed by atoms with Crippen LogP contribution in [0.2, 0.25) is 0 Å². The summed E-state index contributed by atoms with van der Waals surface area (Å²) in [5.41, 5.74) is 9.47. The first-order valence-electron chi connectivity index (χ1n) is 6.71. The van der Waals surface area contributed by atoms with Gasteiger partial charge in [0.05, 0.1) is 11.8 Å². The fourth-order valence-electron chi connectivity index (χ4n) is 2.12. The standard InChI is InChI=1S/C14H11N5O5/c15-14(18-19(21)22)17-16-6-10-3-4-12(24-10)8-1-2-9-7-23-13(20)11(9)5-8/h1-6H,7H2,(H3,15,17,18). The average molecular weight is 329 g/mol. The summed E-state index contributed by atoms with van der Waals surface area (Å²) < 4.78 is 10.5. The lowest BCUT2D eigenvalue weighted by atomic mass is 10.0. The molecular weight excluding hydrogens is 318 g/mol. The monoisotopic (exact) mass is 329 g/mol. The molecule has 1 aliphatic heterocycles. The quantitative estimate of drug-likeness (QED) is 0.280. The van der Waals surface area contributed by atoms with Crippen molar-refractivity contribution in [3.63, 3.8) is 0 Å². The number of nitro groups is 1.